The molecule has 2 aromatic carbocycles. The molecule has 2 aromatic rings. The first-order valence-corrected chi connectivity index (χ1v) is 14.3. The first-order chi connectivity index (χ1) is 13.7. The van der Waals surface area contributed by atoms with E-state index in [1.807, 2.05) is 36.4 Å². The van der Waals surface area contributed by atoms with Gasteiger partial charge in [0.2, 0.25) is 0 Å². The van der Waals surface area contributed by atoms with E-state index in [1.165, 1.54) is 0 Å². The van der Waals surface area contributed by atoms with Crippen LogP contribution in [-0.2, 0) is 13.6 Å². The predicted molar refractivity (Wildman–Crippen MR) is 115 cm³/mol. The zero-order valence-corrected chi connectivity index (χ0v) is 18.1. The monoisotopic (exact) mass is 436 g/mol. The molecule has 2 saturated heterocycles. The Morgan fingerprint density at radius 3 is 1.86 bits per heavy atom. The SMILES string of the molecule is c1ccc(P2(c3ccccc3)=NP3(=NP4(=N2)OCCCO4)NCCCO3)cc1. The Morgan fingerprint density at radius 2 is 1.29 bits per heavy atom. The van der Waals surface area contributed by atoms with Crippen molar-refractivity contribution in [1.29, 1.82) is 0 Å². The molecule has 3 aliphatic heterocycles. The second-order valence-corrected chi connectivity index (χ2v) is 14.2. The van der Waals surface area contributed by atoms with Crippen LogP contribution in [0.25, 0.3) is 0 Å². The maximum atomic E-state index is 6.23. The number of rotatable bonds is 2. The zero-order chi connectivity index (χ0) is 18.9. The molecule has 7 nitrogen and oxygen atoms in total. The van der Waals surface area contributed by atoms with Crippen molar-refractivity contribution in [2.75, 3.05) is 26.4 Å². The van der Waals surface area contributed by atoms with Crippen LogP contribution in [0.5, 0.6) is 0 Å². The van der Waals surface area contributed by atoms with Crippen LogP contribution in [0.4, 0.5) is 0 Å². The van der Waals surface area contributed by atoms with Crippen molar-refractivity contribution in [3.8, 4) is 0 Å². The third-order valence-electron chi connectivity index (χ3n) is 4.68. The number of nitrogens with zero attached hydrogens (tertiary/aromatic N) is 3. The Labute approximate surface area is 165 Å². The highest BCUT2D eigenvalue weighted by Crippen LogP contribution is 2.78. The van der Waals surface area contributed by atoms with Crippen molar-refractivity contribution < 1.29 is 13.6 Å². The third-order valence-corrected chi connectivity index (χ3v) is 14.7. The molecule has 0 radical (unpaired) electrons. The van der Waals surface area contributed by atoms with Crippen molar-refractivity contribution in [3.63, 3.8) is 0 Å². The van der Waals surface area contributed by atoms with E-state index in [2.05, 4.69) is 29.4 Å². The molecule has 2 fully saturated rings. The van der Waals surface area contributed by atoms with Crippen molar-refractivity contribution in [1.82, 2.24) is 5.09 Å². The van der Waals surface area contributed by atoms with E-state index in [-0.39, 0.29) is 0 Å². The van der Waals surface area contributed by atoms with Gasteiger partial charge in [-0.05, 0) is 12.8 Å². The molecule has 0 amide bonds. The van der Waals surface area contributed by atoms with Gasteiger partial charge in [-0.15, -0.1) is 0 Å². The molecular weight excluding hydrogens is 413 g/mol. The highest BCUT2D eigenvalue weighted by atomic mass is 31.3. The summed E-state index contributed by atoms with van der Waals surface area (Å²) in [5.74, 6) is 0. The smallest absolute Gasteiger partial charge is 0.316 e. The quantitative estimate of drug-likeness (QED) is 0.664. The van der Waals surface area contributed by atoms with Gasteiger partial charge in [-0.3, -0.25) is 0 Å². The summed E-state index contributed by atoms with van der Waals surface area (Å²) in [7, 11) is -7.96. The van der Waals surface area contributed by atoms with E-state index in [9.17, 15) is 0 Å². The lowest BCUT2D eigenvalue weighted by Gasteiger charge is -2.38. The maximum Gasteiger partial charge on any atom is 0.345 e. The topological polar surface area (TPSA) is 76.8 Å². The molecule has 5 rings (SSSR count). The van der Waals surface area contributed by atoms with Crippen LogP contribution in [-0.4, -0.2) is 26.4 Å². The van der Waals surface area contributed by atoms with E-state index in [0.29, 0.717) is 19.8 Å². The molecule has 0 aliphatic carbocycles. The number of benzene rings is 2. The van der Waals surface area contributed by atoms with Crippen molar-refractivity contribution in [2.45, 2.75) is 12.8 Å². The van der Waals surface area contributed by atoms with Gasteiger partial charge in [-0.25, -0.2) is 5.09 Å². The molecule has 1 unspecified atom stereocenters. The number of nitrogens with one attached hydrogen (secondary N) is 1. The average Bonchev–Trinajstić information content (AvgIpc) is 2.75. The fourth-order valence-corrected chi connectivity index (χ4v) is 15.3. The lowest BCUT2D eigenvalue weighted by atomic mass is 10.4. The average molecular weight is 436 g/mol. The zero-order valence-electron chi connectivity index (χ0n) is 15.4. The second kappa shape index (κ2) is 7.66. The highest BCUT2D eigenvalue weighted by Gasteiger charge is 2.43. The van der Waals surface area contributed by atoms with E-state index in [1.54, 1.807) is 0 Å². The van der Waals surface area contributed by atoms with Gasteiger partial charge in [0.05, 0.1) is 19.8 Å². The lowest BCUT2D eigenvalue weighted by Crippen LogP contribution is -2.24. The van der Waals surface area contributed by atoms with Crippen LogP contribution in [0.2, 0.25) is 0 Å². The Bertz CT molecular complexity index is 946. The summed E-state index contributed by atoms with van der Waals surface area (Å²) < 4.78 is 34.1. The minimum Gasteiger partial charge on any atom is -0.316 e. The van der Waals surface area contributed by atoms with Gasteiger partial charge in [-0.1, -0.05) is 60.7 Å². The predicted octanol–water partition coefficient (Wildman–Crippen LogP) is 5.11. The Kier molecular flexibility index (Phi) is 5.19. The maximum absolute atomic E-state index is 6.23. The minimum atomic E-state index is -2.80. The molecule has 10 heteroatoms. The molecule has 1 N–H and O–H groups in total. The van der Waals surface area contributed by atoms with Gasteiger partial charge in [0, 0.05) is 17.2 Å². The molecule has 28 heavy (non-hydrogen) atoms. The molecular formula is C18H23N4O3P3. The van der Waals surface area contributed by atoms with Crippen LogP contribution in [0.1, 0.15) is 12.8 Å². The molecule has 0 aromatic heterocycles. The third kappa shape index (κ3) is 3.40. The number of hydrogen-bond donors (Lipinski definition) is 1. The molecule has 3 aliphatic rings. The van der Waals surface area contributed by atoms with Gasteiger partial charge in [0.15, 0.2) is 0 Å². The summed E-state index contributed by atoms with van der Waals surface area (Å²) in [6, 6.07) is 20.5. The van der Waals surface area contributed by atoms with E-state index >= 15 is 0 Å². The summed E-state index contributed by atoms with van der Waals surface area (Å²) in [4.78, 5) is 0. The van der Waals surface area contributed by atoms with Crippen molar-refractivity contribution in [2.24, 2.45) is 13.5 Å². The fourth-order valence-electron chi connectivity index (χ4n) is 3.39. The second-order valence-electron chi connectivity index (χ2n) is 6.69. The standard InChI is InChI=1S/C18H23N4O3P3/c1-3-9-17(10-4-1)26(18-11-5-2-6-12-18)20-27(19-13-7-14-23-27)22-28(21-26)24-15-8-16-25-28/h1-6,9-12,19H,7-8,13-16H2. The summed E-state index contributed by atoms with van der Waals surface area (Å²) in [5, 5.41) is 5.64. The van der Waals surface area contributed by atoms with Crippen LogP contribution >= 0.6 is 22.4 Å². The molecule has 0 bridgehead atoms. The van der Waals surface area contributed by atoms with Crippen LogP contribution in [0.3, 0.4) is 0 Å². The van der Waals surface area contributed by atoms with Crippen LogP contribution in [0, 0.1) is 0 Å². The molecule has 148 valence electrons. The Hall–Kier alpha value is -1.03. The first kappa shape index (κ1) is 19.0. The van der Waals surface area contributed by atoms with Gasteiger partial charge in [0.25, 0.3) is 7.58 Å². The molecule has 3 heterocycles. The van der Waals surface area contributed by atoms with E-state index in [0.717, 1.165) is 30.0 Å². The van der Waals surface area contributed by atoms with Crippen molar-refractivity contribution >= 4 is 33.1 Å². The summed E-state index contributed by atoms with van der Waals surface area (Å²) in [5.41, 5.74) is 0. The molecule has 0 saturated carbocycles. The lowest BCUT2D eigenvalue weighted by molar-refractivity contribution is 0.174. The largest absolute Gasteiger partial charge is 0.345 e. The van der Waals surface area contributed by atoms with Gasteiger partial charge in [-0.2, -0.15) is 13.5 Å². The Balaban J connectivity index is 1.86. The van der Waals surface area contributed by atoms with Crippen LogP contribution in [0.15, 0.2) is 74.2 Å². The van der Waals surface area contributed by atoms with E-state index < -0.39 is 22.4 Å². The van der Waals surface area contributed by atoms with Gasteiger partial charge in [0.1, 0.15) is 7.21 Å². The highest BCUT2D eigenvalue weighted by molar-refractivity contribution is 7.90. The summed E-state index contributed by atoms with van der Waals surface area (Å²) in [6.07, 6.45) is 1.80. The van der Waals surface area contributed by atoms with Gasteiger partial charge >= 0.3 is 7.66 Å². The van der Waals surface area contributed by atoms with Gasteiger partial charge < -0.3 is 13.6 Å². The summed E-state index contributed by atoms with van der Waals surface area (Å²) >= 11 is 0. The molecule has 1 atom stereocenters. The fraction of sp³-hybridized carbons (Fsp3) is 0.333. The Morgan fingerprint density at radius 1 is 0.679 bits per heavy atom. The van der Waals surface area contributed by atoms with E-state index in [4.69, 9.17) is 27.1 Å². The summed E-state index contributed by atoms with van der Waals surface area (Å²) in [6.45, 7) is 2.66. The number of hydrogen-bond acceptors (Lipinski definition) is 7. The normalized spacial score (nSPS) is 28.1. The van der Waals surface area contributed by atoms with Crippen LogP contribution < -0.4 is 15.7 Å². The molecule has 2 spiro atoms. The minimum absolute atomic E-state index is 0.602. The van der Waals surface area contributed by atoms with Crippen molar-refractivity contribution in [3.05, 3.63) is 60.7 Å². The first-order valence-electron chi connectivity index (χ1n) is 9.46.